The molecule has 0 aliphatic carbocycles. The molecule has 1 nitrogen and oxygen atoms in total. The summed E-state index contributed by atoms with van der Waals surface area (Å²) in [6.45, 7) is 1.10. The highest BCUT2D eigenvalue weighted by atomic mass is 127. The van der Waals surface area contributed by atoms with Gasteiger partial charge in [0.05, 0.1) is 3.57 Å². The fraction of sp³-hybridized carbons (Fsp3) is 0.143. The smallest absolute Gasteiger partial charge is 0.181 e. The molecule has 1 rings (SSSR count). The molecule has 1 aromatic rings. The van der Waals surface area contributed by atoms with Gasteiger partial charge in [0.25, 0.3) is 0 Å². The predicted octanol–water partition coefficient (Wildman–Crippen LogP) is 2.72. The lowest BCUT2D eigenvalue weighted by Crippen LogP contribution is -1.98. The number of phenolic OH excluding ortho intramolecular Hbond substituents is 1. The van der Waals surface area contributed by atoms with E-state index >= 15 is 0 Å². The largest absolute Gasteiger partial charge is 0.505 e. The maximum absolute atomic E-state index is 12.8. The van der Waals surface area contributed by atoms with Gasteiger partial charge in [-0.05, 0) is 29.5 Å². The molecule has 0 bridgehead atoms. The molecule has 0 heterocycles. The van der Waals surface area contributed by atoms with Crippen molar-refractivity contribution in [3.63, 3.8) is 0 Å². The van der Waals surface area contributed by atoms with Crippen LogP contribution in [0.5, 0.6) is 5.75 Å². The Balaban J connectivity index is 3.60. The quantitative estimate of drug-likeness (QED) is 0.442. The summed E-state index contributed by atoms with van der Waals surface area (Å²) in [4.78, 5) is 0. The van der Waals surface area contributed by atoms with Gasteiger partial charge in [0, 0.05) is 5.56 Å². The van der Waals surface area contributed by atoms with E-state index in [2.05, 4.69) is 0 Å². The zero-order valence-electron chi connectivity index (χ0n) is 5.96. The number of hydrogen-bond donors (Lipinski definition) is 1. The van der Waals surface area contributed by atoms with E-state index in [0.717, 1.165) is 6.92 Å². The van der Waals surface area contributed by atoms with Crippen LogP contribution in [-0.4, -0.2) is 5.11 Å². The van der Waals surface area contributed by atoms with E-state index in [1.807, 2.05) is 0 Å². The molecule has 5 heteroatoms. The van der Waals surface area contributed by atoms with Gasteiger partial charge in [0.15, 0.2) is 23.2 Å². The maximum atomic E-state index is 12.8. The van der Waals surface area contributed by atoms with Crippen LogP contribution in [0.1, 0.15) is 5.56 Å². The summed E-state index contributed by atoms with van der Waals surface area (Å²) >= 11 is 1.29. The molecule has 0 unspecified atom stereocenters. The number of aromatic hydroxyl groups is 1. The second kappa shape index (κ2) is 3.12. The van der Waals surface area contributed by atoms with Gasteiger partial charge in [-0.25, -0.2) is 13.2 Å². The van der Waals surface area contributed by atoms with Gasteiger partial charge in [0.2, 0.25) is 0 Å². The highest BCUT2D eigenvalue weighted by Crippen LogP contribution is 2.30. The Bertz CT molecular complexity index is 233. The molecule has 0 aliphatic rings. The van der Waals surface area contributed by atoms with Crippen LogP contribution in [0, 0.1) is 27.9 Å². The Kier molecular flexibility index (Phi) is 2.50. The van der Waals surface area contributed by atoms with Crippen LogP contribution in [-0.2, 0) is 0 Å². The maximum Gasteiger partial charge on any atom is 0.181 e. The van der Waals surface area contributed by atoms with E-state index in [0.29, 0.717) is 0 Å². The van der Waals surface area contributed by atoms with Crippen molar-refractivity contribution in [2.75, 3.05) is 0 Å². The summed E-state index contributed by atoms with van der Waals surface area (Å²) in [5, 5.41) is 8.91. The molecule has 1 aromatic carbocycles. The third kappa shape index (κ3) is 1.26. The van der Waals surface area contributed by atoms with E-state index in [-0.39, 0.29) is 0 Å². The van der Waals surface area contributed by atoms with Gasteiger partial charge in [-0.2, -0.15) is 0 Å². The molecule has 0 saturated heterocycles. The first-order chi connectivity index (χ1) is 5.46. The summed E-state index contributed by atoms with van der Waals surface area (Å²) < 4.78 is 37.7. The molecule has 0 aromatic heterocycles. The van der Waals surface area contributed by atoms with E-state index in [1.54, 1.807) is 0 Å². The second-order valence-electron chi connectivity index (χ2n) is 2.23. The van der Waals surface area contributed by atoms with Crippen molar-refractivity contribution in [1.29, 1.82) is 0 Å². The fourth-order valence-electron chi connectivity index (χ4n) is 0.730. The molecular formula is C7H4F3IO. The minimum absolute atomic E-state index is 0.412. The molecule has 0 amide bonds. The summed E-state index contributed by atoms with van der Waals surface area (Å²) in [6.07, 6.45) is 0. The lowest BCUT2D eigenvalue weighted by molar-refractivity contribution is 0.402. The van der Waals surface area contributed by atoms with Crippen LogP contribution >= 0.6 is 22.6 Å². The third-order valence-corrected chi connectivity index (χ3v) is 2.42. The van der Waals surface area contributed by atoms with Gasteiger partial charge >= 0.3 is 0 Å². The molecule has 12 heavy (non-hydrogen) atoms. The third-order valence-electron chi connectivity index (χ3n) is 1.47. The summed E-state index contributed by atoms with van der Waals surface area (Å²) in [6, 6.07) is 0. The SMILES string of the molecule is Cc1c(O)c(F)c(I)c(F)c1F. The van der Waals surface area contributed by atoms with Crippen molar-refractivity contribution in [2.45, 2.75) is 6.92 Å². The minimum Gasteiger partial charge on any atom is -0.505 e. The molecule has 0 spiro atoms. The van der Waals surface area contributed by atoms with Crippen molar-refractivity contribution in [3.8, 4) is 5.75 Å². The molecule has 66 valence electrons. The van der Waals surface area contributed by atoms with Crippen LogP contribution < -0.4 is 0 Å². The van der Waals surface area contributed by atoms with Gasteiger partial charge in [-0.15, -0.1) is 0 Å². The first-order valence-corrected chi connectivity index (χ1v) is 4.06. The standard InChI is InChI=1S/C7H4F3IO/c1-2-3(8)4(9)6(11)5(10)7(2)12/h12H,1H3. The second-order valence-corrected chi connectivity index (χ2v) is 3.31. The van der Waals surface area contributed by atoms with E-state index in [9.17, 15) is 13.2 Å². The number of halogens is 4. The minimum atomic E-state index is -1.26. The summed E-state index contributed by atoms with van der Waals surface area (Å²) in [7, 11) is 0. The average molecular weight is 288 g/mol. The molecule has 0 atom stereocenters. The first kappa shape index (κ1) is 9.63. The number of phenols is 1. The molecule has 0 aliphatic heterocycles. The van der Waals surface area contributed by atoms with Crippen LogP contribution in [0.15, 0.2) is 0 Å². The van der Waals surface area contributed by atoms with Crippen molar-refractivity contribution < 1.29 is 18.3 Å². The average Bonchev–Trinajstić information content (AvgIpc) is 2.08. The zero-order chi connectivity index (χ0) is 9.46. The monoisotopic (exact) mass is 288 g/mol. The number of hydrogen-bond acceptors (Lipinski definition) is 1. The van der Waals surface area contributed by atoms with Crippen LogP contribution in [0.4, 0.5) is 13.2 Å². The Labute approximate surface area is 80.3 Å². The van der Waals surface area contributed by atoms with E-state index < -0.39 is 32.3 Å². The van der Waals surface area contributed by atoms with Crippen LogP contribution in [0.25, 0.3) is 0 Å². The Morgan fingerprint density at radius 2 is 1.58 bits per heavy atom. The topological polar surface area (TPSA) is 20.2 Å². The Hall–Kier alpha value is -0.460. The first-order valence-electron chi connectivity index (χ1n) is 2.98. The van der Waals surface area contributed by atoms with Crippen LogP contribution in [0.2, 0.25) is 0 Å². The van der Waals surface area contributed by atoms with Crippen molar-refractivity contribution >= 4 is 22.6 Å². The fourth-order valence-corrected chi connectivity index (χ4v) is 1.22. The van der Waals surface area contributed by atoms with Gasteiger partial charge in [-0.3, -0.25) is 0 Å². The Morgan fingerprint density at radius 3 is 2.08 bits per heavy atom. The summed E-state index contributed by atoms with van der Waals surface area (Å²) in [5.74, 6) is -4.42. The van der Waals surface area contributed by atoms with Gasteiger partial charge in [-0.1, -0.05) is 0 Å². The van der Waals surface area contributed by atoms with Gasteiger partial charge in [0.1, 0.15) is 0 Å². The highest BCUT2D eigenvalue weighted by molar-refractivity contribution is 14.1. The molecule has 0 fully saturated rings. The lowest BCUT2D eigenvalue weighted by Gasteiger charge is -2.04. The molecule has 0 radical (unpaired) electrons. The highest BCUT2D eigenvalue weighted by Gasteiger charge is 2.20. The van der Waals surface area contributed by atoms with Crippen molar-refractivity contribution in [3.05, 3.63) is 26.6 Å². The molecule has 0 saturated carbocycles. The van der Waals surface area contributed by atoms with E-state index in [1.165, 1.54) is 22.6 Å². The van der Waals surface area contributed by atoms with Crippen molar-refractivity contribution in [1.82, 2.24) is 0 Å². The van der Waals surface area contributed by atoms with Crippen molar-refractivity contribution in [2.24, 2.45) is 0 Å². The van der Waals surface area contributed by atoms with Gasteiger partial charge < -0.3 is 5.11 Å². The summed E-state index contributed by atoms with van der Waals surface area (Å²) in [5.41, 5.74) is -0.412. The lowest BCUT2D eigenvalue weighted by atomic mass is 10.2. The number of rotatable bonds is 0. The number of benzene rings is 1. The predicted molar refractivity (Wildman–Crippen MR) is 45.4 cm³/mol. The zero-order valence-corrected chi connectivity index (χ0v) is 8.12. The normalized spacial score (nSPS) is 10.4. The Morgan fingerprint density at radius 1 is 1.08 bits per heavy atom. The molecular weight excluding hydrogens is 284 g/mol. The molecule has 1 N–H and O–H groups in total. The van der Waals surface area contributed by atoms with E-state index in [4.69, 9.17) is 5.11 Å². The van der Waals surface area contributed by atoms with Crippen LogP contribution in [0.3, 0.4) is 0 Å².